The second-order valence-corrected chi connectivity index (χ2v) is 8.34. The molecular weight excluding hydrogens is 328 g/mol. The van der Waals surface area contributed by atoms with Crippen LogP contribution in [0.15, 0.2) is 17.0 Å². The van der Waals surface area contributed by atoms with E-state index in [2.05, 4.69) is 11.8 Å². The van der Waals surface area contributed by atoms with Gasteiger partial charge in [0.25, 0.3) is 5.91 Å². The van der Waals surface area contributed by atoms with Gasteiger partial charge in [-0.05, 0) is 50.0 Å². The van der Waals surface area contributed by atoms with Crippen LogP contribution >= 0.6 is 0 Å². The van der Waals surface area contributed by atoms with E-state index in [1.54, 1.807) is 13.0 Å². The van der Waals surface area contributed by atoms with Gasteiger partial charge in [-0.2, -0.15) is 0 Å². The standard InChI is InChI=1S/C17H26N2O4S/c1-4-19-8-6-7-13(19)9-12-10-14(24(21,22)5-2)11-15(17(18)20)16(12)23-3/h10-11,13H,4-9H2,1-3H3,(H2,18,20)/t13-/m1/s1. The van der Waals surface area contributed by atoms with Crippen LogP contribution in [0.1, 0.15) is 42.6 Å². The highest BCUT2D eigenvalue weighted by Gasteiger charge is 2.27. The second-order valence-electron chi connectivity index (χ2n) is 6.06. The molecule has 134 valence electrons. The number of carbonyl (C=O) groups excluding carboxylic acids is 1. The number of amides is 1. The summed E-state index contributed by atoms with van der Waals surface area (Å²) in [7, 11) is -1.95. The zero-order chi connectivity index (χ0) is 17.9. The lowest BCUT2D eigenvalue weighted by molar-refractivity contribution is 0.0997. The zero-order valence-corrected chi connectivity index (χ0v) is 15.4. The van der Waals surface area contributed by atoms with Crippen LogP contribution in [0.4, 0.5) is 0 Å². The Hall–Kier alpha value is -1.60. The fourth-order valence-corrected chi connectivity index (χ4v) is 4.33. The number of nitrogens with two attached hydrogens (primary N) is 1. The molecular formula is C17H26N2O4S. The van der Waals surface area contributed by atoms with Crippen molar-refractivity contribution in [3.05, 3.63) is 23.3 Å². The van der Waals surface area contributed by atoms with Crippen molar-refractivity contribution in [1.82, 2.24) is 4.90 Å². The minimum atomic E-state index is -3.43. The minimum absolute atomic E-state index is 0.0263. The van der Waals surface area contributed by atoms with E-state index in [1.807, 2.05) is 0 Å². The van der Waals surface area contributed by atoms with Gasteiger partial charge in [0.2, 0.25) is 0 Å². The summed E-state index contributed by atoms with van der Waals surface area (Å²) in [5, 5.41) is 0. The molecule has 6 nitrogen and oxygen atoms in total. The number of hydrogen-bond donors (Lipinski definition) is 1. The molecule has 1 heterocycles. The predicted octanol–water partition coefficient (Wildman–Crippen LogP) is 1.61. The Morgan fingerprint density at radius 2 is 2.08 bits per heavy atom. The molecule has 0 aromatic heterocycles. The fraction of sp³-hybridized carbons (Fsp3) is 0.588. The molecule has 1 aliphatic rings. The minimum Gasteiger partial charge on any atom is -0.496 e. The van der Waals surface area contributed by atoms with Gasteiger partial charge in [0.1, 0.15) is 5.75 Å². The van der Waals surface area contributed by atoms with Gasteiger partial charge in [-0.15, -0.1) is 0 Å². The summed E-state index contributed by atoms with van der Waals surface area (Å²) in [6.07, 6.45) is 2.81. The predicted molar refractivity (Wildman–Crippen MR) is 93.2 cm³/mol. The van der Waals surface area contributed by atoms with Gasteiger partial charge in [0, 0.05) is 6.04 Å². The smallest absolute Gasteiger partial charge is 0.252 e. The molecule has 0 unspecified atom stereocenters. The highest BCUT2D eigenvalue weighted by atomic mass is 32.2. The largest absolute Gasteiger partial charge is 0.496 e. The van der Waals surface area contributed by atoms with Gasteiger partial charge < -0.3 is 15.4 Å². The molecule has 24 heavy (non-hydrogen) atoms. The Balaban J connectivity index is 2.53. The molecule has 1 aliphatic heterocycles. The zero-order valence-electron chi connectivity index (χ0n) is 14.5. The number of rotatable bonds is 7. The van der Waals surface area contributed by atoms with Crippen LogP contribution in [-0.4, -0.2) is 51.2 Å². The van der Waals surface area contributed by atoms with Crippen molar-refractivity contribution >= 4 is 15.7 Å². The van der Waals surface area contributed by atoms with E-state index in [9.17, 15) is 13.2 Å². The van der Waals surface area contributed by atoms with Crippen molar-refractivity contribution in [2.45, 2.75) is 44.0 Å². The van der Waals surface area contributed by atoms with E-state index >= 15 is 0 Å². The molecule has 0 aliphatic carbocycles. The van der Waals surface area contributed by atoms with Gasteiger partial charge in [-0.3, -0.25) is 4.79 Å². The van der Waals surface area contributed by atoms with E-state index in [0.29, 0.717) is 18.2 Å². The molecule has 2 N–H and O–H groups in total. The van der Waals surface area contributed by atoms with Crippen molar-refractivity contribution in [3.63, 3.8) is 0 Å². The number of nitrogens with zero attached hydrogens (tertiary/aromatic N) is 1. The molecule has 0 bridgehead atoms. The molecule has 0 saturated carbocycles. The third-order valence-corrected chi connectivity index (χ3v) is 6.42. The molecule has 1 saturated heterocycles. The van der Waals surface area contributed by atoms with Crippen LogP contribution in [0.25, 0.3) is 0 Å². The number of hydrogen-bond acceptors (Lipinski definition) is 5. The van der Waals surface area contributed by atoms with Gasteiger partial charge in [0.05, 0.1) is 23.3 Å². The average molecular weight is 354 g/mol. The molecule has 7 heteroatoms. The van der Waals surface area contributed by atoms with Crippen LogP contribution in [-0.2, 0) is 16.3 Å². The van der Waals surface area contributed by atoms with Crippen molar-refractivity contribution in [2.75, 3.05) is 26.0 Å². The van der Waals surface area contributed by atoms with Crippen LogP contribution in [0.2, 0.25) is 0 Å². The Kier molecular flexibility index (Phi) is 5.87. The quantitative estimate of drug-likeness (QED) is 0.803. The highest BCUT2D eigenvalue weighted by Crippen LogP contribution is 2.32. The van der Waals surface area contributed by atoms with E-state index in [-0.39, 0.29) is 16.2 Å². The summed E-state index contributed by atoms with van der Waals surface area (Å²) in [6, 6.07) is 3.29. The maximum absolute atomic E-state index is 12.3. The number of ether oxygens (including phenoxy) is 1. The molecule has 0 spiro atoms. The second kappa shape index (κ2) is 7.53. The molecule has 1 atom stereocenters. The first kappa shape index (κ1) is 18.7. The summed E-state index contributed by atoms with van der Waals surface area (Å²) >= 11 is 0. The third-order valence-electron chi connectivity index (χ3n) is 4.71. The Morgan fingerprint density at radius 3 is 2.62 bits per heavy atom. The summed E-state index contributed by atoms with van der Waals surface area (Å²) in [6.45, 7) is 5.68. The van der Waals surface area contributed by atoms with Crippen LogP contribution in [0, 0.1) is 0 Å². The van der Waals surface area contributed by atoms with Crippen molar-refractivity contribution in [1.29, 1.82) is 0 Å². The summed E-state index contributed by atoms with van der Waals surface area (Å²) < 4.78 is 30.0. The maximum atomic E-state index is 12.3. The van der Waals surface area contributed by atoms with E-state index in [1.165, 1.54) is 13.2 Å². The number of likely N-dealkylation sites (tertiary alicyclic amines) is 1. The Labute approximate surface area is 143 Å². The summed E-state index contributed by atoms with van der Waals surface area (Å²) in [5.41, 5.74) is 6.31. The normalized spacial score (nSPS) is 18.7. The molecule has 1 amide bonds. The number of likely N-dealkylation sites (N-methyl/N-ethyl adjacent to an activating group) is 1. The molecule has 0 radical (unpaired) electrons. The van der Waals surface area contributed by atoms with Crippen LogP contribution in [0.3, 0.4) is 0 Å². The van der Waals surface area contributed by atoms with E-state index < -0.39 is 15.7 Å². The van der Waals surface area contributed by atoms with E-state index in [4.69, 9.17) is 10.5 Å². The first-order chi connectivity index (χ1) is 11.3. The van der Waals surface area contributed by atoms with Gasteiger partial charge in [-0.1, -0.05) is 13.8 Å². The number of benzene rings is 1. The van der Waals surface area contributed by atoms with Crippen molar-refractivity contribution in [3.8, 4) is 5.75 Å². The van der Waals surface area contributed by atoms with Gasteiger partial charge >= 0.3 is 0 Å². The molecule has 1 aromatic carbocycles. The Bertz CT molecular complexity index is 716. The lowest BCUT2D eigenvalue weighted by Crippen LogP contribution is -2.31. The highest BCUT2D eigenvalue weighted by molar-refractivity contribution is 7.91. The monoisotopic (exact) mass is 354 g/mol. The van der Waals surface area contributed by atoms with Crippen LogP contribution in [0.5, 0.6) is 5.75 Å². The number of carbonyl (C=O) groups is 1. The summed E-state index contributed by atoms with van der Waals surface area (Å²) in [5.74, 6) is -0.317. The lowest BCUT2D eigenvalue weighted by atomic mass is 10.00. The molecule has 1 fully saturated rings. The first-order valence-electron chi connectivity index (χ1n) is 8.31. The van der Waals surface area contributed by atoms with Gasteiger partial charge in [-0.25, -0.2) is 8.42 Å². The van der Waals surface area contributed by atoms with Crippen molar-refractivity contribution < 1.29 is 17.9 Å². The molecule has 1 aromatic rings. The third kappa shape index (κ3) is 3.72. The first-order valence-corrected chi connectivity index (χ1v) is 9.96. The lowest BCUT2D eigenvalue weighted by Gasteiger charge is -2.24. The topological polar surface area (TPSA) is 89.7 Å². The van der Waals surface area contributed by atoms with E-state index in [0.717, 1.165) is 31.5 Å². The average Bonchev–Trinajstić information content (AvgIpc) is 3.01. The number of sulfone groups is 1. The SMILES string of the molecule is CCN1CCC[C@@H]1Cc1cc(S(=O)(=O)CC)cc(C(N)=O)c1OC. The summed E-state index contributed by atoms with van der Waals surface area (Å²) in [4.78, 5) is 14.3. The van der Waals surface area contributed by atoms with Crippen LogP contribution < -0.4 is 10.5 Å². The molecule has 2 rings (SSSR count). The van der Waals surface area contributed by atoms with Crippen molar-refractivity contribution in [2.24, 2.45) is 5.73 Å². The van der Waals surface area contributed by atoms with Gasteiger partial charge in [0.15, 0.2) is 9.84 Å². The number of primary amides is 1. The Morgan fingerprint density at radius 1 is 1.38 bits per heavy atom. The number of methoxy groups -OCH3 is 1. The maximum Gasteiger partial charge on any atom is 0.252 e. The fourth-order valence-electron chi connectivity index (χ4n) is 3.38.